The van der Waals surface area contributed by atoms with Crippen LogP contribution in [0.2, 0.25) is 5.15 Å². The number of hydrogen-bond donors (Lipinski definition) is 0. The molecular formula is C11H9ClN2OS. The summed E-state index contributed by atoms with van der Waals surface area (Å²) in [5.41, 5.74) is 1.43. The quantitative estimate of drug-likeness (QED) is 0.609. The smallest absolute Gasteiger partial charge is 0.150 e. The lowest BCUT2D eigenvalue weighted by Crippen LogP contribution is -2.22. The van der Waals surface area contributed by atoms with Crippen LogP contribution in [0.5, 0.6) is 0 Å². The first-order chi connectivity index (χ1) is 7.79. The fourth-order valence-electron chi connectivity index (χ4n) is 1.90. The molecule has 16 heavy (non-hydrogen) atoms. The summed E-state index contributed by atoms with van der Waals surface area (Å²) in [5, 5.41) is 1.26. The monoisotopic (exact) mass is 252 g/mol. The molecule has 0 amide bonds. The highest BCUT2D eigenvalue weighted by Gasteiger charge is 2.22. The van der Waals surface area contributed by atoms with Crippen molar-refractivity contribution in [3.05, 3.63) is 29.0 Å². The fourth-order valence-corrected chi connectivity index (χ4v) is 2.86. The molecule has 0 aromatic carbocycles. The van der Waals surface area contributed by atoms with E-state index in [9.17, 15) is 4.79 Å². The van der Waals surface area contributed by atoms with Crippen LogP contribution in [0.4, 0.5) is 0 Å². The number of carbonyl (C=O) groups excluding carboxylic acids is 1. The number of halogens is 1. The maximum atomic E-state index is 10.9. The van der Waals surface area contributed by atoms with Crippen LogP contribution in [0.3, 0.4) is 0 Å². The van der Waals surface area contributed by atoms with Crippen LogP contribution in [0.15, 0.2) is 18.3 Å². The molecule has 0 bridgehead atoms. The Labute approximate surface area is 102 Å². The third-order valence-electron chi connectivity index (χ3n) is 2.83. The van der Waals surface area contributed by atoms with Gasteiger partial charge in [-0.05, 0) is 12.1 Å². The predicted octanol–water partition coefficient (Wildman–Crippen LogP) is 2.79. The van der Waals surface area contributed by atoms with E-state index in [4.69, 9.17) is 11.6 Å². The van der Waals surface area contributed by atoms with Gasteiger partial charge in [0.25, 0.3) is 0 Å². The number of rotatable bonds is 2. The Morgan fingerprint density at radius 2 is 2.38 bits per heavy atom. The van der Waals surface area contributed by atoms with Crippen molar-refractivity contribution in [2.45, 2.75) is 6.04 Å². The van der Waals surface area contributed by atoms with E-state index in [0.29, 0.717) is 16.8 Å². The summed E-state index contributed by atoms with van der Waals surface area (Å²) in [4.78, 5) is 15.2. The molecule has 3 nitrogen and oxygen atoms in total. The van der Waals surface area contributed by atoms with Crippen LogP contribution in [-0.4, -0.2) is 27.3 Å². The first-order valence-electron chi connectivity index (χ1n) is 4.99. The van der Waals surface area contributed by atoms with Gasteiger partial charge in [0, 0.05) is 28.7 Å². The number of aromatic nitrogens is 2. The molecule has 0 unspecified atom stereocenters. The van der Waals surface area contributed by atoms with Gasteiger partial charge in [0.05, 0.1) is 6.04 Å². The Kier molecular flexibility index (Phi) is 2.41. The van der Waals surface area contributed by atoms with Gasteiger partial charge >= 0.3 is 0 Å². The third kappa shape index (κ3) is 1.44. The highest BCUT2D eigenvalue weighted by Crippen LogP contribution is 2.33. The molecule has 3 rings (SSSR count). The molecule has 0 N–H and O–H groups in total. The molecule has 82 valence electrons. The Balaban J connectivity index is 2.24. The molecule has 3 heterocycles. The normalized spacial score (nSPS) is 16.3. The zero-order chi connectivity index (χ0) is 11.1. The SMILES string of the molecule is O=Cc1cc(Cl)nc2c1ccn2C1CSC1. The van der Waals surface area contributed by atoms with Crippen molar-refractivity contribution in [1.82, 2.24) is 9.55 Å². The molecular weight excluding hydrogens is 244 g/mol. The number of pyridine rings is 1. The summed E-state index contributed by atoms with van der Waals surface area (Å²) in [6.07, 6.45) is 2.82. The van der Waals surface area contributed by atoms with Crippen molar-refractivity contribution in [3.63, 3.8) is 0 Å². The average Bonchev–Trinajstić information content (AvgIpc) is 2.58. The summed E-state index contributed by atoms with van der Waals surface area (Å²) >= 11 is 7.82. The largest absolute Gasteiger partial charge is 0.328 e. The highest BCUT2D eigenvalue weighted by atomic mass is 35.5. The second-order valence-electron chi connectivity index (χ2n) is 3.80. The van der Waals surface area contributed by atoms with Crippen molar-refractivity contribution in [2.75, 3.05) is 11.5 Å². The minimum Gasteiger partial charge on any atom is -0.328 e. The highest BCUT2D eigenvalue weighted by molar-refractivity contribution is 8.00. The first-order valence-corrected chi connectivity index (χ1v) is 6.53. The van der Waals surface area contributed by atoms with Gasteiger partial charge < -0.3 is 4.57 Å². The number of carbonyl (C=O) groups is 1. The van der Waals surface area contributed by atoms with E-state index in [-0.39, 0.29) is 0 Å². The lowest BCUT2D eigenvalue weighted by atomic mass is 10.2. The number of fused-ring (bicyclic) bond motifs is 1. The van der Waals surface area contributed by atoms with Crippen molar-refractivity contribution in [1.29, 1.82) is 0 Å². The van der Waals surface area contributed by atoms with E-state index in [1.54, 1.807) is 6.07 Å². The number of nitrogens with zero attached hydrogens (tertiary/aromatic N) is 2. The Morgan fingerprint density at radius 3 is 3.00 bits per heavy atom. The van der Waals surface area contributed by atoms with Crippen molar-refractivity contribution >= 4 is 40.7 Å². The van der Waals surface area contributed by atoms with Crippen LogP contribution in [-0.2, 0) is 0 Å². The predicted molar refractivity (Wildman–Crippen MR) is 66.5 cm³/mol. The lowest BCUT2D eigenvalue weighted by Gasteiger charge is -2.26. The van der Waals surface area contributed by atoms with Gasteiger partial charge in [0.2, 0.25) is 0 Å². The molecule has 2 aromatic heterocycles. The fraction of sp³-hybridized carbons (Fsp3) is 0.273. The summed E-state index contributed by atoms with van der Waals surface area (Å²) in [7, 11) is 0. The minimum absolute atomic E-state index is 0.376. The third-order valence-corrected chi connectivity index (χ3v) is 4.26. The van der Waals surface area contributed by atoms with Gasteiger partial charge in [-0.3, -0.25) is 4.79 Å². The van der Waals surface area contributed by atoms with Gasteiger partial charge in [-0.1, -0.05) is 11.6 Å². The van der Waals surface area contributed by atoms with Crippen molar-refractivity contribution in [3.8, 4) is 0 Å². The maximum absolute atomic E-state index is 10.9. The zero-order valence-electron chi connectivity index (χ0n) is 8.39. The molecule has 2 aromatic rings. The molecule has 1 saturated heterocycles. The zero-order valence-corrected chi connectivity index (χ0v) is 9.96. The summed E-state index contributed by atoms with van der Waals surface area (Å²) in [6, 6.07) is 4.04. The second-order valence-corrected chi connectivity index (χ2v) is 5.27. The van der Waals surface area contributed by atoms with E-state index < -0.39 is 0 Å². The number of aldehydes is 1. The van der Waals surface area contributed by atoms with E-state index >= 15 is 0 Å². The van der Waals surface area contributed by atoms with Gasteiger partial charge in [-0.2, -0.15) is 11.8 Å². The summed E-state index contributed by atoms with van der Waals surface area (Å²) in [6.45, 7) is 0. The van der Waals surface area contributed by atoms with Gasteiger partial charge in [-0.15, -0.1) is 0 Å². The molecule has 0 spiro atoms. The van der Waals surface area contributed by atoms with E-state index in [1.807, 2.05) is 24.0 Å². The minimum atomic E-state index is 0.376. The molecule has 0 atom stereocenters. The van der Waals surface area contributed by atoms with Gasteiger partial charge in [-0.25, -0.2) is 4.98 Å². The summed E-state index contributed by atoms with van der Waals surface area (Å²) < 4.78 is 2.12. The molecule has 1 fully saturated rings. The molecule has 5 heteroatoms. The van der Waals surface area contributed by atoms with E-state index in [0.717, 1.165) is 28.8 Å². The van der Waals surface area contributed by atoms with Crippen LogP contribution in [0.25, 0.3) is 11.0 Å². The van der Waals surface area contributed by atoms with E-state index in [2.05, 4.69) is 9.55 Å². The molecule has 0 radical (unpaired) electrons. The average molecular weight is 253 g/mol. The molecule has 0 aliphatic carbocycles. The van der Waals surface area contributed by atoms with Crippen LogP contribution < -0.4 is 0 Å². The second kappa shape index (κ2) is 3.79. The van der Waals surface area contributed by atoms with E-state index in [1.165, 1.54) is 0 Å². The topological polar surface area (TPSA) is 34.9 Å². The molecule has 1 aliphatic heterocycles. The Bertz CT molecular complexity index is 562. The summed E-state index contributed by atoms with van der Waals surface area (Å²) in [5.74, 6) is 2.21. The van der Waals surface area contributed by atoms with Gasteiger partial charge in [0.15, 0.2) is 6.29 Å². The van der Waals surface area contributed by atoms with Crippen LogP contribution >= 0.6 is 23.4 Å². The van der Waals surface area contributed by atoms with Crippen LogP contribution in [0, 0.1) is 0 Å². The van der Waals surface area contributed by atoms with Gasteiger partial charge in [0.1, 0.15) is 10.8 Å². The number of hydrogen-bond acceptors (Lipinski definition) is 3. The van der Waals surface area contributed by atoms with Crippen LogP contribution in [0.1, 0.15) is 16.4 Å². The maximum Gasteiger partial charge on any atom is 0.150 e. The van der Waals surface area contributed by atoms with Crippen molar-refractivity contribution < 1.29 is 4.79 Å². The molecule has 0 saturated carbocycles. The van der Waals surface area contributed by atoms with Crippen molar-refractivity contribution in [2.24, 2.45) is 0 Å². The Hall–Kier alpha value is -1.000. The lowest BCUT2D eigenvalue weighted by molar-refractivity contribution is 0.112. The Morgan fingerprint density at radius 1 is 1.56 bits per heavy atom. The molecule has 1 aliphatic rings. The first kappa shape index (κ1) is 10.2. The standard InChI is InChI=1S/C11H9ClN2OS/c12-10-3-7(4-15)9-1-2-14(11(9)13-10)8-5-16-6-8/h1-4,8H,5-6H2. The number of thioether (sulfide) groups is 1.